The van der Waals surface area contributed by atoms with Gasteiger partial charge in [0.1, 0.15) is 5.75 Å². The summed E-state index contributed by atoms with van der Waals surface area (Å²) < 4.78 is 12.6. The zero-order valence-corrected chi connectivity index (χ0v) is 14.6. The minimum absolute atomic E-state index is 0.318. The van der Waals surface area contributed by atoms with Gasteiger partial charge in [-0.1, -0.05) is 22.9 Å². The first-order chi connectivity index (χ1) is 10.2. The first-order valence-corrected chi connectivity index (χ1v) is 8.81. The highest BCUT2D eigenvalue weighted by Gasteiger charge is 2.20. The summed E-state index contributed by atoms with van der Waals surface area (Å²) in [5, 5.41) is 3.59. The molecule has 2 unspecified atom stereocenters. The van der Waals surface area contributed by atoms with Gasteiger partial charge in [-0.2, -0.15) is 0 Å². The van der Waals surface area contributed by atoms with Crippen LogP contribution in [0.4, 0.5) is 0 Å². The van der Waals surface area contributed by atoms with Gasteiger partial charge in [0.15, 0.2) is 0 Å². The molecule has 1 aromatic rings. The molecule has 1 aliphatic heterocycles. The topological polar surface area (TPSA) is 30.5 Å². The molecule has 0 amide bonds. The molecule has 3 nitrogen and oxygen atoms in total. The van der Waals surface area contributed by atoms with E-state index in [1.807, 2.05) is 13.0 Å². The van der Waals surface area contributed by atoms with Crippen molar-refractivity contribution in [2.24, 2.45) is 0 Å². The van der Waals surface area contributed by atoms with Crippen LogP contribution in [0, 0.1) is 0 Å². The van der Waals surface area contributed by atoms with E-state index in [1.165, 1.54) is 18.4 Å². The van der Waals surface area contributed by atoms with Crippen molar-refractivity contribution >= 4 is 15.9 Å². The van der Waals surface area contributed by atoms with Crippen molar-refractivity contribution in [3.05, 3.63) is 28.2 Å². The Morgan fingerprint density at radius 1 is 1.43 bits per heavy atom. The van der Waals surface area contributed by atoms with Crippen LogP contribution in [0.2, 0.25) is 0 Å². The minimum Gasteiger partial charge on any atom is -0.494 e. The second kappa shape index (κ2) is 8.76. The van der Waals surface area contributed by atoms with Crippen molar-refractivity contribution in [1.82, 2.24) is 5.32 Å². The van der Waals surface area contributed by atoms with Crippen LogP contribution >= 0.6 is 15.9 Å². The molecular weight excluding hydrogens is 330 g/mol. The quantitative estimate of drug-likeness (QED) is 0.746. The number of hydrogen-bond acceptors (Lipinski definition) is 3. The van der Waals surface area contributed by atoms with E-state index >= 15 is 0 Å². The van der Waals surface area contributed by atoms with Gasteiger partial charge >= 0.3 is 0 Å². The molecule has 2 rings (SSSR count). The van der Waals surface area contributed by atoms with Crippen LogP contribution in [0.25, 0.3) is 0 Å². The van der Waals surface area contributed by atoms with Crippen LogP contribution < -0.4 is 10.1 Å². The Morgan fingerprint density at radius 2 is 2.29 bits per heavy atom. The molecule has 1 saturated heterocycles. The second-order valence-corrected chi connectivity index (χ2v) is 6.35. The van der Waals surface area contributed by atoms with Crippen LogP contribution in [0.5, 0.6) is 5.75 Å². The largest absolute Gasteiger partial charge is 0.494 e. The maximum atomic E-state index is 5.80. The van der Waals surface area contributed by atoms with Crippen molar-refractivity contribution in [3.8, 4) is 5.75 Å². The molecule has 0 bridgehead atoms. The van der Waals surface area contributed by atoms with Crippen molar-refractivity contribution in [1.29, 1.82) is 0 Å². The first kappa shape index (κ1) is 16.8. The fraction of sp³-hybridized carbons (Fsp3) is 0.647. The molecule has 1 aromatic carbocycles. The second-order valence-electron chi connectivity index (χ2n) is 5.44. The standard InChI is InChI=1S/C17H26BrNO2/c1-3-19-16(9-8-14-6-5-11-21-14)15-12-13(18)7-10-17(15)20-4-2/h7,10,12,14,16,19H,3-6,8-9,11H2,1-2H3. The fourth-order valence-electron chi connectivity index (χ4n) is 2.92. The summed E-state index contributed by atoms with van der Waals surface area (Å²) in [6.45, 7) is 6.75. The number of rotatable bonds is 8. The van der Waals surface area contributed by atoms with E-state index in [1.54, 1.807) is 0 Å². The van der Waals surface area contributed by atoms with Gasteiger partial charge in [-0.3, -0.25) is 0 Å². The van der Waals surface area contributed by atoms with Gasteiger partial charge in [0.25, 0.3) is 0 Å². The third-order valence-corrected chi connectivity index (χ3v) is 4.39. The summed E-state index contributed by atoms with van der Waals surface area (Å²) in [6, 6.07) is 6.59. The van der Waals surface area contributed by atoms with Crippen LogP contribution in [0.3, 0.4) is 0 Å². The summed E-state index contributed by atoms with van der Waals surface area (Å²) in [7, 11) is 0. The molecule has 1 fully saturated rings. The predicted molar refractivity (Wildman–Crippen MR) is 89.9 cm³/mol. The molecule has 1 aliphatic rings. The van der Waals surface area contributed by atoms with E-state index in [2.05, 4.69) is 40.3 Å². The van der Waals surface area contributed by atoms with Crippen LogP contribution in [0.15, 0.2) is 22.7 Å². The van der Waals surface area contributed by atoms with Gasteiger partial charge in [0, 0.05) is 22.7 Å². The van der Waals surface area contributed by atoms with Crippen molar-refractivity contribution in [3.63, 3.8) is 0 Å². The zero-order chi connectivity index (χ0) is 15.1. The van der Waals surface area contributed by atoms with Gasteiger partial charge in [-0.25, -0.2) is 0 Å². The summed E-state index contributed by atoms with van der Waals surface area (Å²) in [5.74, 6) is 0.985. The highest BCUT2D eigenvalue weighted by atomic mass is 79.9. The molecule has 21 heavy (non-hydrogen) atoms. The summed E-state index contributed by atoms with van der Waals surface area (Å²) in [6.07, 6.45) is 5.03. The van der Waals surface area contributed by atoms with Crippen molar-refractivity contribution in [2.75, 3.05) is 19.8 Å². The Balaban J connectivity index is 2.09. The van der Waals surface area contributed by atoms with E-state index < -0.39 is 0 Å². The molecule has 0 aromatic heterocycles. The van der Waals surface area contributed by atoms with E-state index in [0.717, 1.165) is 36.2 Å². The van der Waals surface area contributed by atoms with Crippen LogP contribution in [0.1, 0.15) is 51.1 Å². The van der Waals surface area contributed by atoms with Gasteiger partial charge in [-0.05, 0) is 57.4 Å². The van der Waals surface area contributed by atoms with Crippen LogP contribution in [-0.4, -0.2) is 25.9 Å². The molecule has 118 valence electrons. The van der Waals surface area contributed by atoms with E-state index in [9.17, 15) is 0 Å². The lowest BCUT2D eigenvalue weighted by Gasteiger charge is -2.23. The van der Waals surface area contributed by atoms with E-state index in [4.69, 9.17) is 9.47 Å². The molecule has 1 heterocycles. The molecule has 0 radical (unpaired) electrons. The number of hydrogen-bond donors (Lipinski definition) is 1. The molecule has 0 aliphatic carbocycles. The van der Waals surface area contributed by atoms with Crippen LogP contribution in [-0.2, 0) is 4.74 Å². The third kappa shape index (κ3) is 4.97. The van der Waals surface area contributed by atoms with Crippen molar-refractivity contribution in [2.45, 2.75) is 51.7 Å². The Hall–Kier alpha value is -0.580. The van der Waals surface area contributed by atoms with Gasteiger partial charge in [0.05, 0.1) is 12.7 Å². The summed E-state index contributed by atoms with van der Waals surface area (Å²) in [5.41, 5.74) is 1.24. The van der Waals surface area contributed by atoms with E-state index in [0.29, 0.717) is 18.8 Å². The molecule has 0 saturated carbocycles. The van der Waals surface area contributed by atoms with Gasteiger partial charge < -0.3 is 14.8 Å². The SMILES string of the molecule is CCNC(CCC1CCCO1)c1cc(Br)ccc1OCC. The number of halogens is 1. The lowest BCUT2D eigenvalue weighted by atomic mass is 9.98. The summed E-state index contributed by atoms with van der Waals surface area (Å²) >= 11 is 3.58. The molecule has 4 heteroatoms. The van der Waals surface area contributed by atoms with Gasteiger partial charge in [0.2, 0.25) is 0 Å². The maximum absolute atomic E-state index is 5.80. The Bertz CT molecular complexity index is 433. The Morgan fingerprint density at radius 3 is 2.95 bits per heavy atom. The van der Waals surface area contributed by atoms with Gasteiger partial charge in [-0.15, -0.1) is 0 Å². The number of nitrogens with one attached hydrogen (secondary N) is 1. The average Bonchev–Trinajstić information content (AvgIpc) is 2.99. The lowest BCUT2D eigenvalue weighted by Crippen LogP contribution is -2.23. The minimum atomic E-state index is 0.318. The third-order valence-electron chi connectivity index (χ3n) is 3.90. The highest BCUT2D eigenvalue weighted by Crippen LogP contribution is 2.32. The fourth-order valence-corrected chi connectivity index (χ4v) is 3.30. The molecular formula is C17H26BrNO2. The number of benzene rings is 1. The zero-order valence-electron chi connectivity index (χ0n) is 13.0. The number of ether oxygens (including phenoxy) is 2. The van der Waals surface area contributed by atoms with Crippen molar-refractivity contribution < 1.29 is 9.47 Å². The molecule has 2 atom stereocenters. The smallest absolute Gasteiger partial charge is 0.124 e. The average molecular weight is 356 g/mol. The predicted octanol–water partition coefficient (Wildman–Crippen LogP) is 4.46. The Kier molecular flexibility index (Phi) is 7.00. The highest BCUT2D eigenvalue weighted by molar-refractivity contribution is 9.10. The monoisotopic (exact) mass is 355 g/mol. The molecule has 1 N–H and O–H groups in total. The summed E-state index contributed by atoms with van der Waals surface area (Å²) in [4.78, 5) is 0. The first-order valence-electron chi connectivity index (χ1n) is 8.01. The maximum Gasteiger partial charge on any atom is 0.124 e. The normalized spacial score (nSPS) is 19.7. The Labute approximate surface area is 136 Å². The lowest BCUT2D eigenvalue weighted by molar-refractivity contribution is 0.0995. The molecule has 0 spiro atoms. The van der Waals surface area contributed by atoms with E-state index in [-0.39, 0.29) is 0 Å².